The Bertz CT molecular complexity index is 3220. The molecule has 11 aromatic rings. The van der Waals surface area contributed by atoms with Crippen molar-refractivity contribution >= 4 is 121 Å². The minimum atomic E-state index is 0.963. The Morgan fingerprint density at radius 2 is 0.724 bits per heavy atom. The first-order chi connectivity index (χ1) is 28.4. The quantitative estimate of drug-likeness (QED) is 0.150. The van der Waals surface area contributed by atoms with Crippen LogP contribution in [0.2, 0.25) is 0 Å². The molecule has 0 aliphatic rings. The van der Waals surface area contributed by atoms with E-state index in [1.54, 1.807) is 0 Å². The minimum Gasteiger partial charge on any atom is -0.278 e. The molecule has 10 heteroatoms. The van der Waals surface area contributed by atoms with Crippen LogP contribution < -0.4 is 21.6 Å². The van der Waals surface area contributed by atoms with Crippen LogP contribution in [0.5, 0.6) is 0 Å². The van der Waals surface area contributed by atoms with E-state index in [1.165, 1.54) is 102 Å². The fourth-order valence-corrected chi connectivity index (χ4v) is 14.6. The van der Waals surface area contributed by atoms with Gasteiger partial charge in [-0.15, -0.1) is 68.0 Å². The summed E-state index contributed by atoms with van der Waals surface area (Å²) in [5.41, 5.74) is 11.3. The molecule has 0 unspecified atom stereocenters. The SMILES string of the molecule is Cc1ccc(-c2ccc(-c3cc4/c(=N\Nc5ccccc5)c5c(C)c6c(c(C)c5c4s3)/c(=N/Nc3ccccc3)c3cc(-c4ccc(-c5ccc(C)s5)s4)sc36)s2)s1. The van der Waals surface area contributed by atoms with E-state index in [0.29, 0.717) is 0 Å². The van der Waals surface area contributed by atoms with Crippen LogP contribution in [-0.2, 0) is 0 Å². The second-order valence-corrected chi connectivity index (χ2v) is 21.3. The minimum absolute atomic E-state index is 0.963. The molecule has 0 amide bonds. The number of rotatable bonds is 8. The molecule has 0 atom stereocenters. The van der Waals surface area contributed by atoms with E-state index in [4.69, 9.17) is 10.2 Å². The number of hydrogen-bond acceptors (Lipinski definition) is 10. The topological polar surface area (TPSA) is 48.8 Å². The maximum absolute atomic E-state index is 5.25. The van der Waals surface area contributed by atoms with Crippen LogP contribution >= 0.6 is 68.0 Å². The van der Waals surface area contributed by atoms with Gasteiger partial charge in [-0.3, -0.25) is 10.9 Å². The lowest BCUT2D eigenvalue weighted by Crippen LogP contribution is -2.07. The zero-order chi connectivity index (χ0) is 39.1. The van der Waals surface area contributed by atoms with Crippen LogP contribution in [0.3, 0.4) is 0 Å². The molecule has 5 aromatic carbocycles. The third-order valence-electron chi connectivity index (χ3n) is 10.7. The summed E-state index contributed by atoms with van der Waals surface area (Å²) in [6.07, 6.45) is 0. The number of anilines is 2. The van der Waals surface area contributed by atoms with Gasteiger partial charge in [0.1, 0.15) is 10.7 Å². The summed E-state index contributed by atoms with van der Waals surface area (Å²) in [6, 6.07) is 43.3. The Kier molecular flexibility index (Phi) is 8.84. The molecule has 6 heterocycles. The molecule has 0 fully saturated rings. The van der Waals surface area contributed by atoms with Gasteiger partial charge in [0.05, 0.1) is 11.4 Å². The van der Waals surface area contributed by atoms with Crippen molar-refractivity contribution in [3.63, 3.8) is 0 Å². The normalized spacial score (nSPS) is 12.7. The molecular weight excluding hydrogens is 825 g/mol. The van der Waals surface area contributed by atoms with Gasteiger partial charge >= 0.3 is 0 Å². The van der Waals surface area contributed by atoms with Gasteiger partial charge in [0.2, 0.25) is 0 Å². The van der Waals surface area contributed by atoms with Gasteiger partial charge in [-0.05, 0) is 124 Å². The molecule has 0 aliphatic heterocycles. The van der Waals surface area contributed by atoms with Gasteiger partial charge in [-0.2, -0.15) is 10.2 Å². The molecule has 0 aliphatic carbocycles. The van der Waals surface area contributed by atoms with E-state index >= 15 is 0 Å². The summed E-state index contributed by atoms with van der Waals surface area (Å²) in [5.74, 6) is 0. The molecule has 0 saturated carbocycles. The van der Waals surface area contributed by atoms with Crippen LogP contribution in [0.25, 0.3) is 80.7 Å². The van der Waals surface area contributed by atoms with Gasteiger partial charge in [0.25, 0.3) is 0 Å². The summed E-state index contributed by atoms with van der Waals surface area (Å²) >= 11 is 11.2. The van der Waals surface area contributed by atoms with E-state index < -0.39 is 0 Å². The fourth-order valence-electron chi connectivity index (χ4n) is 8.02. The summed E-state index contributed by atoms with van der Waals surface area (Å²) in [4.78, 5) is 13.0. The van der Waals surface area contributed by atoms with E-state index in [-0.39, 0.29) is 0 Å². The summed E-state index contributed by atoms with van der Waals surface area (Å²) in [7, 11) is 0. The number of thiophene rings is 6. The largest absolute Gasteiger partial charge is 0.278 e. The molecule has 11 rings (SSSR count). The van der Waals surface area contributed by atoms with Gasteiger partial charge in [-0.1, -0.05) is 36.4 Å². The first kappa shape index (κ1) is 35.9. The van der Waals surface area contributed by atoms with Crippen LogP contribution in [0.4, 0.5) is 11.4 Å². The Labute approximate surface area is 359 Å². The molecule has 6 aromatic heterocycles. The second-order valence-electron chi connectivity index (χ2n) is 14.5. The van der Waals surface area contributed by atoms with E-state index in [2.05, 4.69) is 123 Å². The standard InChI is InChI=1S/C48H34N4S6/c1-25-15-17-33(53-25)35-19-21-37(55-35)39-23-31-45(51-49-29-11-7-5-8-12-29)41-28(4)44-42(27(3)43(41)47(31)57-39)46(52-50-30-13-9-6-10-14-30)32-24-40(58-48(32)44)38-22-20-36(56-38)34-18-16-26(2)54-34/h5-24,49-50H,1-4H3/b51-45+,52-46+. The monoisotopic (exact) mass is 858 g/mol. The van der Waals surface area contributed by atoms with E-state index in [0.717, 1.165) is 22.1 Å². The van der Waals surface area contributed by atoms with Crippen LogP contribution in [0.15, 0.2) is 132 Å². The van der Waals surface area contributed by atoms with Crippen LogP contribution in [-0.4, -0.2) is 0 Å². The highest BCUT2D eigenvalue weighted by Crippen LogP contribution is 2.48. The van der Waals surface area contributed by atoms with Gasteiger partial charge in [0, 0.05) is 90.5 Å². The van der Waals surface area contributed by atoms with Crippen molar-refractivity contribution in [2.75, 3.05) is 10.9 Å². The van der Waals surface area contributed by atoms with Crippen molar-refractivity contribution in [1.82, 2.24) is 0 Å². The first-order valence-corrected chi connectivity index (χ1v) is 23.9. The van der Waals surface area contributed by atoms with Crippen LogP contribution in [0.1, 0.15) is 20.9 Å². The zero-order valence-corrected chi connectivity index (χ0v) is 36.8. The number of benzene rings is 3. The number of para-hydroxylation sites is 2. The number of nitrogens with one attached hydrogen (secondary N) is 2. The van der Waals surface area contributed by atoms with Gasteiger partial charge in [0.15, 0.2) is 0 Å². The molecule has 0 radical (unpaired) electrons. The number of hydrogen-bond donors (Lipinski definition) is 2. The molecule has 2 N–H and O–H groups in total. The molecule has 282 valence electrons. The Morgan fingerprint density at radius 1 is 0.362 bits per heavy atom. The Balaban J connectivity index is 1.16. The van der Waals surface area contributed by atoms with Gasteiger partial charge < -0.3 is 0 Å². The maximum Gasteiger partial charge on any atom is 0.100 e. The molecule has 0 saturated heterocycles. The molecule has 4 nitrogen and oxygen atoms in total. The Hall–Kier alpha value is -5.20. The average molecular weight is 859 g/mol. The maximum atomic E-state index is 5.25. The van der Waals surface area contributed by atoms with Crippen molar-refractivity contribution in [2.45, 2.75) is 27.7 Å². The number of nitrogens with zero attached hydrogens (tertiary/aromatic N) is 2. The zero-order valence-electron chi connectivity index (χ0n) is 31.9. The van der Waals surface area contributed by atoms with Gasteiger partial charge in [-0.25, -0.2) is 0 Å². The molecule has 0 spiro atoms. The smallest absolute Gasteiger partial charge is 0.100 e. The third kappa shape index (κ3) is 6.01. The second kappa shape index (κ2) is 14.3. The fraction of sp³-hybridized carbons (Fsp3) is 0.0833. The van der Waals surface area contributed by atoms with Crippen molar-refractivity contribution in [2.24, 2.45) is 10.2 Å². The van der Waals surface area contributed by atoms with Crippen molar-refractivity contribution in [3.8, 4) is 39.0 Å². The van der Waals surface area contributed by atoms with Crippen LogP contribution in [0, 0.1) is 27.7 Å². The van der Waals surface area contributed by atoms with Crippen molar-refractivity contribution in [3.05, 3.63) is 153 Å². The molecule has 58 heavy (non-hydrogen) atoms. The van der Waals surface area contributed by atoms with E-state index in [1.807, 2.05) is 104 Å². The highest BCUT2D eigenvalue weighted by molar-refractivity contribution is 7.30. The molecular formula is C48H34N4S6. The number of aryl methyl sites for hydroxylation is 4. The molecule has 0 bridgehead atoms. The summed E-state index contributed by atoms with van der Waals surface area (Å²) in [6.45, 7) is 8.93. The summed E-state index contributed by atoms with van der Waals surface area (Å²) in [5, 5.41) is 19.8. The van der Waals surface area contributed by atoms with E-state index in [9.17, 15) is 0 Å². The predicted molar refractivity (Wildman–Crippen MR) is 258 cm³/mol. The average Bonchev–Trinajstić information content (AvgIpc) is 4.08. The lowest BCUT2D eigenvalue weighted by Gasteiger charge is -2.08. The summed E-state index contributed by atoms with van der Waals surface area (Å²) < 4.78 is 2.54. The lowest BCUT2D eigenvalue weighted by molar-refractivity contribution is 1.25. The highest BCUT2D eigenvalue weighted by atomic mass is 32.1. The van der Waals surface area contributed by atoms with Crippen molar-refractivity contribution in [1.29, 1.82) is 0 Å². The highest BCUT2D eigenvalue weighted by Gasteiger charge is 2.25. The van der Waals surface area contributed by atoms with Crippen molar-refractivity contribution < 1.29 is 0 Å². The number of fused-ring (bicyclic) bond motifs is 6. The first-order valence-electron chi connectivity index (χ1n) is 19.0. The lowest BCUT2D eigenvalue weighted by atomic mass is 9.98. The Morgan fingerprint density at radius 3 is 1.10 bits per heavy atom. The third-order valence-corrected chi connectivity index (χ3v) is 18.0. The predicted octanol–water partition coefficient (Wildman–Crippen LogP) is 15.3.